The van der Waals surface area contributed by atoms with Crippen molar-refractivity contribution < 1.29 is 103 Å². The molecule has 0 unspecified atom stereocenters. The summed E-state index contributed by atoms with van der Waals surface area (Å²) in [5, 5.41) is 16.9. The van der Waals surface area contributed by atoms with E-state index in [2.05, 4.69) is 10.2 Å². The first-order valence-corrected chi connectivity index (χ1v) is 13.0. The van der Waals surface area contributed by atoms with E-state index in [0.29, 0.717) is 5.56 Å². The average Bonchev–Trinajstić information content (AvgIpc) is 2.65. The molecule has 0 fully saturated rings. The number of phenols is 1. The third-order valence-corrected chi connectivity index (χ3v) is 7.55. The summed E-state index contributed by atoms with van der Waals surface area (Å²) in [7, 11) is -15.9. The van der Waals surface area contributed by atoms with E-state index in [1.807, 2.05) is 0 Å². The van der Waals surface area contributed by atoms with E-state index in [4.69, 9.17) is 0 Å². The van der Waals surface area contributed by atoms with Crippen LogP contribution in [0.4, 0.5) is 11.4 Å². The molecule has 0 bridgehead atoms. The van der Waals surface area contributed by atoms with Gasteiger partial charge in [-0.2, -0.15) is 13.5 Å². The van der Waals surface area contributed by atoms with Gasteiger partial charge in [0.2, 0.25) is 0 Å². The molecule has 3 aromatic carbocycles. The van der Waals surface area contributed by atoms with Crippen LogP contribution in [0, 0.1) is 13.8 Å². The first kappa shape index (κ1) is 32.1. The van der Waals surface area contributed by atoms with Crippen molar-refractivity contribution in [2.45, 2.75) is 28.5 Å². The van der Waals surface area contributed by atoms with Crippen molar-refractivity contribution in [1.29, 1.82) is 0 Å². The molecular weight excluding hydrogens is 546 g/mol. The van der Waals surface area contributed by atoms with Crippen LogP contribution in [-0.2, 0) is 30.4 Å². The number of phenolic OH excluding ortho intramolecular Hbond substituents is 1. The molecule has 0 aliphatic heterocycles. The Morgan fingerprint density at radius 1 is 0.771 bits per heavy atom. The van der Waals surface area contributed by atoms with Gasteiger partial charge in [0.25, 0.3) is 10.1 Å². The number of hydrogen-bond acceptors (Lipinski definition) is 11. The number of aromatic hydroxyl groups is 1. The van der Waals surface area contributed by atoms with Gasteiger partial charge >= 0.3 is 59.1 Å². The number of aryl methyl sites for hydroxylation is 2. The summed E-state index contributed by atoms with van der Waals surface area (Å²) in [5.41, 5.74) is -0.884. The number of fused-ring (bicyclic) bond motifs is 1. The minimum Gasteiger partial charge on any atom is -0.744 e. The fourth-order valence-electron chi connectivity index (χ4n) is 3.24. The predicted octanol–water partition coefficient (Wildman–Crippen LogP) is -3.36. The summed E-state index contributed by atoms with van der Waals surface area (Å²) in [5.74, 6) is -0.948. The summed E-state index contributed by atoms with van der Waals surface area (Å²) in [4.78, 5) is -3.54. The van der Waals surface area contributed by atoms with Crippen LogP contribution in [0.15, 0.2) is 61.3 Å². The molecule has 3 aromatic rings. The number of azo groups is 1. The Morgan fingerprint density at radius 2 is 1.29 bits per heavy atom. The molecule has 12 nitrogen and oxygen atoms in total. The minimum atomic E-state index is -5.69. The van der Waals surface area contributed by atoms with Crippen molar-refractivity contribution in [3.05, 3.63) is 47.5 Å². The van der Waals surface area contributed by atoms with Gasteiger partial charge in [-0.1, -0.05) is 30.3 Å². The van der Waals surface area contributed by atoms with Crippen LogP contribution in [0.25, 0.3) is 10.8 Å². The van der Waals surface area contributed by atoms with Gasteiger partial charge in [0.1, 0.15) is 30.8 Å². The second kappa shape index (κ2) is 11.2. The van der Waals surface area contributed by atoms with Gasteiger partial charge in [0.05, 0.1) is 15.5 Å². The predicted molar refractivity (Wildman–Crippen MR) is 111 cm³/mol. The Labute approximate surface area is 245 Å². The minimum absolute atomic E-state index is 0. The molecule has 0 aliphatic rings. The molecule has 3 rings (SSSR count). The van der Waals surface area contributed by atoms with Gasteiger partial charge < -0.3 is 14.2 Å². The average molecular weight is 560 g/mol. The Bertz CT molecular complexity index is 1670. The maximum absolute atomic E-state index is 11.9. The number of hydrogen-bond donors (Lipinski definition) is 2. The first-order valence-electron chi connectivity index (χ1n) is 8.73. The second-order valence-electron chi connectivity index (χ2n) is 6.89. The van der Waals surface area contributed by atoms with E-state index in [-0.39, 0.29) is 75.8 Å². The molecule has 17 heteroatoms. The van der Waals surface area contributed by atoms with Gasteiger partial charge in [-0.05, 0) is 31.0 Å². The maximum atomic E-state index is 11.9. The zero-order valence-electron chi connectivity index (χ0n) is 18.7. The third kappa shape index (κ3) is 6.68. The maximum Gasteiger partial charge on any atom is 1.00 e. The molecule has 0 atom stereocenters. The van der Waals surface area contributed by atoms with E-state index in [1.54, 1.807) is 0 Å². The molecule has 35 heavy (non-hydrogen) atoms. The van der Waals surface area contributed by atoms with Gasteiger partial charge in [-0.25, -0.2) is 16.8 Å². The summed E-state index contributed by atoms with van der Waals surface area (Å²) >= 11 is 0. The zero-order chi connectivity index (χ0) is 24.9. The fraction of sp³-hybridized carbons (Fsp3) is 0.111. The van der Waals surface area contributed by atoms with Crippen LogP contribution in [0.5, 0.6) is 5.75 Å². The van der Waals surface area contributed by atoms with Crippen molar-refractivity contribution in [1.82, 2.24) is 0 Å². The fourth-order valence-corrected chi connectivity index (χ4v) is 6.06. The molecule has 0 heterocycles. The topological polar surface area (TPSA) is 214 Å². The van der Waals surface area contributed by atoms with Crippen LogP contribution in [0.1, 0.15) is 11.1 Å². The molecule has 0 saturated heterocycles. The molecule has 0 amide bonds. The Morgan fingerprint density at radius 3 is 1.77 bits per heavy atom. The Balaban J connectivity index is 0.00000306. The summed E-state index contributed by atoms with van der Waals surface area (Å²) in [6, 6.07) is 7.00. The molecule has 176 valence electrons. The number of benzene rings is 3. The van der Waals surface area contributed by atoms with E-state index in [9.17, 15) is 44.0 Å². The van der Waals surface area contributed by atoms with Gasteiger partial charge in [-0.15, -0.1) is 5.11 Å². The van der Waals surface area contributed by atoms with E-state index in [0.717, 1.165) is 18.2 Å². The zero-order valence-corrected chi connectivity index (χ0v) is 25.2. The molecule has 0 saturated carbocycles. The molecular formula is C18H14N2Na2O10S3. The van der Waals surface area contributed by atoms with Crippen molar-refractivity contribution in [2.24, 2.45) is 10.2 Å². The molecule has 0 aliphatic carbocycles. The van der Waals surface area contributed by atoms with Crippen LogP contribution < -0.4 is 59.1 Å². The second-order valence-corrected chi connectivity index (χ2v) is 10.9. The van der Waals surface area contributed by atoms with Crippen molar-refractivity contribution in [2.75, 3.05) is 0 Å². The van der Waals surface area contributed by atoms with Crippen molar-refractivity contribution in [3.8, 4) is 5.75 Å². The normalized spacial score (nSPS) is 12.4. The van der Waals surface area contributed by atoms with Gasteiger partial charge in [0.15, 0.2) is 5.75 Å². The van der Waals surface area contributed by atoms with Crippen LogP contribution in [-0.4, -0.2) is 44.0 Å². The summed E-state index contributed by atoms with van der Waals surface area (Å²) in [6.07, 6.45) is 0. The Kier molecular flexibility index (Phi) is 10.3. The SMILES string of the molecule is Cc1cc(C)c(S(=O)(=O)O)cc1N=Nc1c(S(=O)(=O)[O-])c(S(=O)(=O)[O-])c2ccccc2c1O.[Na+].[Na+]. The standard InChI is InChI=1S/C18H16N2O10S3.2Na/c1-9-7-10(2)14(31(22,23)24)8-13(9)19-20-15-16(21)11-5-3-4-6-12(11)17(32(25,26)27)18(15)33(28,29)30;;/h3-8,21H,1-2H3,(H,22,23,24)(H,25,26,27)(H,28,29,30);;/q;2*+1/p-2. The first-order chi connectivity index (χ1) is 15.0. The third-order valence-electron chi connectivity index (χ3n) is 4.60. The van der Waals surface area contributed by atoms with Gasteiger partial charge in [-0.3, -0.25) is 4.55 Å². The number of nitrogens with zero attached hydrogens (tertiary/aromatic N) is 2. The monoisotopic (exact) mass is 560 g/mol. The Hall–Kier alpha value is -0.950. The van der Waals surface area contributed by atoms with E-state index < -0.39 is 61.9 Å². The van der Waals surface area contributed by atoms with Crippen molar-refractivity contribution >= 4 is 52.5 Å². The smallest absolute Gasteiger partial charge is 0.744 e. The summed E-state index contributed by atoms with van der Waals surface area (Å²) in [6.45, 7) is 2.86. The quantitative estimate of drug-likeness (QED) is 0.180. The molecule has 0 radical (unpaired) electrons. The van der Waals surface area contributed by atoms with E-state index >= 15 is 0 Å². The van der Waals surface area contributed by atoms with Crippen LogP contribution in [0.3, 0.4) is 0 Å². The van der Waals surface area contributed by atoms with Crippen LogP contribution >= 0.6 is 0 Å². The largest absolute Gasteiger partial charge is 1.00 e. The molecule has 0 aromatic heterocycles. The summed E-state index contributed by atoms with van der Waals surface area (Å²) < 4.78 is 104. The van der Waals surface area contributed by atoms with Gasteiger partial charge in [0, 0.05) is 10.8 Å². The molecule has 0 spiro atoms. The van der Waals surface area contributed by atoms with Crippen molar-refractivity contribution in [3.63, 3.8) is 0 Å². The number of rotatable bonds is 5. The van der Waals surface area contributed by atoms with Crippen LogP contribution in [0.2, 0.25) is 0 Å². The van der Waals surface area contributed by atoms with E-state index in [1.165, 1.54) is 32.0 Å². The molecule has 2 N–H and O–H groups in total.